The minimum absolute atomic E-state index is 0.0650. The van der Waals surface area contributed by atoms with Crippen molar-refractivity contribution in [3.8, 4) is 17.2 Å². The van der Waals surface area contributed by atoms with E-state index in [4.69, 9.17) is 14.2 Å². The Morgan fingerprint density at radius 3 is 2.67 bits per heavy atom. The van der Waals surface area contributed by atoms with E-state index in [0.29, 0.717) is 36.7 Å². The summed E-state index contributed by atoms with van der Waals surface area (Å²) in [5.74, 6) is 0.546. The number of nitrogens with one attached hydrogen (secondary N) is 2. The first-order valence-corrected chi connectivity index (χ1v) is 12.7. The fourth-order valence-corrected chi connectivity index (χ4v) is 4.77. The summed E-state index contributed by atoms with van der Waals surface area (Å²) in [7, 11) is 3.31. The van der Waals surface area contributed by atoms with Crippen LogP contribution < -0.4 is 24.8 Å². The van der Waals surface area contributed by atoms with E-state index in [1.807, 2.05) is 44.4 Å². The van der Waals surface area contributed by atoms with Gasteiger partial charge in [-0.15, -0.1) is 0 Å². The monoisotopic (exact) mass is 533 g/mol. The molecule has 0 radical (unpaired) electrons. The predicted octanol–water partition coefficient (Wildman–Crippen LogP) is 1.38. The van der Waals surface area contributed by atoms with Gasteiger partial charge in [0.15, 0.2) is 18.1 Å². The van der Waals surface area contributed by atoms with Gasteiger partial charge in [0.05, 0.1) is 31.8 Å². The topological polar surface area (TPSA) is 124 Å². The minimum Gasteiger partial charge on any atom is -0.493 e. The fourth-order valence-electron chi connectivity index (χ4n) is 4.77. The summed E-state index contributed by atoms with van der Waals surface area (Å²) < 4.78 is 19.0. The van der Waals surface area contributed by atoms with Crippen LogP contribution in [0, 0.1) is 6.92 Å². The number of hydrogen-bond donors (Lipinski definition) is 2. The van der Waals surface area contributed by atoms with Crippen LogP contribution in [0.15, 0.2) is 48.7 Å². The lowest BCUT2D eigenvalue weighted by Gasteiger charge is -2.21. The molecule has 2 aromatic carbocycles. The molecule has 3 amide bonds. The number of benzene rings is 2. The number of fused-ring (bicyclic) bond motifs is 7. The predicted molar refractivity (Wildman–Crippen MR) is 141 cm³/mol. The molecule has 3 aliphatic heterocycles. The molecule has 2 atom stereocenters. The summed E-state index contributed by atoms with van der Waals surface area (Å²) in [6.07, 6.45) is 1.59. The summed E-state index contributed by atoms with van der Waals surface area (Å²) in [6.45, 7) is 2.58. The molecule has 1 fully saturated rings. The van der Waals surface area contributed by atoms with Crippen LogP contribution in [0.1, 0.15) is 27.2 Å². The maximum atomic E-state index is 13.3. The SMILES string of the molecule is COc1ccc2cc1OCC(=O)NCc1ccc(cc1)O[C@H]1CN(C(=O)Cc3cn(C)nc3C)C[C@@H]1NC2=O. The zero-order valence-electron chi connectivity index (χ0n) is 22.1. The fraction of sp³-hybridized carbons (Fsp3) is 0.357. The molecule has 2 N–H and O–H groups in total. The third-order valence-corrected chi connectivity index (χ3v) is 6.88. The molecule has 11 heteroatoms. The van der Waals surface area contributed by atoms with Crippen molar-refractivity contribution >= 4 is 17.7 Å². The molecular weight excluding hydrogens is 502 g/mol. The Labute approximate surface area is 226 Å². The van der Waals surface area contributed by atoms with Crippen molar-refractivity contribution < 1.29 is 28.6 Å². The first-order chi connectivity index (χ1) is 18.8. The second-order valence-corrected chi connectivity index (χ2v) is 9.70. The maximum Gasteiger partial charge on any atom is 0.258 e. The number of aryl methyl sites for hydroxylation is 2. The van der Waals surface area contributed by atoms with Gasteiger partial charge in [-0.25, -0.2) is 0 Å². The molecule has 1 aromatic heterocycles. The van der Waals surface area contributed by atoms with Crippen molar-refractivity contribution in [2.45, 2.75) is 32.0 Å². The van der Waals surface area contributed by atoms with Crippen molar-refractivity contribution in [2.24, 2.45) is 7.05 Å². The third-order valence-electron chi connectivity index (χ3n) is 6.88. The number of carbonyl (C=O) groups excluding carboxylic acids is 3. The van der Waals surface area contributed by atoms with Gasteiger partial charge < -0.3 is 29.7 Å². The molecule has 1 saturated heterocycles. The molecule has 4 bridgehead atoms. The van der Waals surface area contributed by atoms with Crippen molar-refractivity contribution in [3.63, 3.8) is 0 Å². The van der Waals surface area contributed by atoms with Gasteiger partial charge in [-0.3, -0.25) is 19.1 Å². The van der Waals surface area contributed by atoms with E-state index in [1.165, 1.54) is 13.2 Å². The van der Waals surface area contributed by atoms with E-state index in [-0.39, 0.29) is 36.5 Å². The summed E-state index contributed by atoms with van der Waals surface area (Å²) in [5.41, 5.74) is 2.89. The highest BCUT2D eigenvalue weighted by molar-refractivity contribution is 5.95. The van der Waals surface area contributed by atoms with Crippen LogP contribution in [0.2, 0.25) is 0 Å². The number of rotatable bonds is 3. The number of carbonyl (C=O) groups is 3. The highest BCUT2D eigenvalue weighted by atomic mass is 16.5. The van der Waals surface area contributed by atoms with Gasteiger partial charge in [0.2, 0.25) is 5.91 Å². The number of nitrogens with zero attached hydrogens (tertiary/aromatic N) is 3. The van der Waals surface area contributed by atoms with E-state index < -0.39 is 12.1 Å². The van der Waals surface area contributed by atoms with Crippen molar-refractivity contribution in [1.29, 1.82) is 0 Å². The Hall–Kier alpha value is -4.54. The van der Waals surface area contributed by atoms with Crippen LogP contribution >= 0.6 is 0 Å². The van der Waals surface area contributed by atoms with Gasteiger partial charge in [0.1, 0.15) is 11.9 Å². The standard InChI is InChI=1S/C28H31N5O6/c1-17-20(13-32(2)31-17)11-27(35)33-14-22-25(15-33)39-21-7-4-18(5-8-21)12-29-26(34)16-38-24-10-19(28(36)30-22)6-9-23(24)37-3/h4-10,13,22,25H,11-12,14-16H2,1-3H3,(H,29,34)(H,30,36)/t22-,25-/m0/s1. The molecule has 0 spiro atoms. The zero-order chi connectivity index (χ0) is 27.5. The van der Waals surface area contributed by atoms with Crippen LogP contribution in [0.5, 0.6) is 17.2 Å². The normalized spacial score (nSPS) is 19.3. The smallest absolute Gasteiger partial charge is 0.258 e. The van der Waals surface area contributed by atoms with E-state index in [2.05, 4.69) is 15.7 Å². The lowest BCUT2D eigenvalue weighted by atomic mass is 10.1. The van der Waals surface area contributed by atoms with Gasteiger partial charge >= 0.3 is 0 Å². The largest absolute Gasteiger partial charge is 0.493 e. The molecule has 0 saturated carbocycles. The van der Waals surface area contributed by atoms with Gasteiger partial charge in [0, 0.05) is 37.5 Å². The number of likely N-dealkylation sites (tertiary alicyclic amines) is 1. The first kappa shape index (κ1) is 26.1. The Kier molecular flexibility index (Phi) is 7.40. The quantitative estimate of drug-likeness (QED) is 0.521. The van der Waals surface area contributed by atoms with Gasteiger partial charge in [0.25, 0.3) is 11.8 Å². The molecule has 204 valence electrons. The van der Waals surface area contributed by atoms with Crippen molar-refractivity contribution in [3.05, 3.63) is 71.0 Å². The zero-order valence-corrected chi connectivity index (χ0v) is 22.1. The number of hydrogen-bond acceptors (Lipinski definition) is 7. The third kappa shape index (κ3) is 5.97. The van der Waals surface area contributed by atoms with Gasteiger partial charge in [-0.2, -0.15) is 5.10 Å². The van der Waals surface area contributed by atoms with Crippen LogP contribution in [0.25, 0.3) is 0 Å². The van der Waals surface area contributed by atoms with Crippen molar-refractivity contribution in [1.82, 2.24) is 25.3 Å². The molecule has 3 aliphatic rings. The molecule has 6 rings (SSSR count). The van der Waals surface area contributed by atoms with Crippen LogP contribution in [-0.2, 0) is 29.6 Å². The first-order valence-electron chi connectivity index (χ1n) is 12.7. The molecule has 4 heterocycles. The van der Waals surface area contributed by atoms with E-state index >= 15 is 0 Å². The highest BCUT2D eigenvalue weighted by Crippen LogP contribution is 2.29. The second-order valence-electron chi connectivity index (χ2n) is 9.70. The van der Waals surface area contributed by atoms with E-state index in [1.54, 1.807) is 21.7 Å². The summed E-state index contributed by atoms with van der Waals surface area (Å²) in [5, 5.41) is 10.2. The summed E-state index contributed by atoms with van der Waals surface area (Å²) in [4.78, 5) is 40.6. The number of ether oxygens (including phenoxy) is 3. The molecule has 0 unspecified atom stereocenters. The molecule has 39 heavy (non-hydrogen) atoms. The van der Waals surface area contributed by atoms with Crippen LogP contribution in [-0.4, -0.2) is 71.4 Å². The Morgan fingerprint density at radius 1 is 1.15 bits per heavy atom. The average molecular weight is 534 g/mol. The lowest BCUT2D eigenvalue weighted by Crippen LogP contribution is -2.45. The Bertz CT molecular complexity index is 1390. The number of methoxy groups -OCH3 is 1. The maximum absolute atomic E-state index is 13.3. The van der Waals surface area contributed by atoms with Crippen LogP contribution in [0.3, 0.4) is 0 Å². The minimum atomic E-state index is -0.469. The number of amides is 3. The molecule has 0 aliphatic carbocycles. The van der Waals surface area contributed by atoms with Crippen LogP contribution in [0.4, 0.5) is 0 Å². The summed E-state index contributed by atoms with van der Waals surface area (Å²) >= 11 is 0. The van der Waals surface area contributed by atoms with Gasteiger partial charge in [-0.1, -0.05) is 12.1 Å². The average Bonchev–Trinajstić information content (AvgIpc) is 3.47. The summed E-state index contributed by atoms with van der Waals surface area (Å²) in [6, 6.07) is 11.7. The Balaban J connectivity index is 1.41. The number of aromatic nitrogens is 2. The molecule has 3 aromatic rings. The molecule has 11 nitrogen and oxygen atoms in total. The van der Waals surface area contributed by atoms with Crippen molar-refractivity contribution in [2.75, 3.05) is 26.8 Å². The Morgan fingerprint density at radius 2 is 1.95 bits per heavy atom. The lowest BCUT2D eigenvalue weighted by molar-refractivity contribution is -0.129. The van der Waals surface area contributed by atoms with E-state index in [0.717, 1.165) is 16.8 Å². The van der Waals surface area contributed by atoms with E-state index in [9.17, 15) is 14.4 Å². The second kappa shape index (κ2) is 11.1. The highest BCUT2D eigenvalue weighted by Gasteiger charge is 2.38. The molecular formula is C28H31N5O6. The van der Waals surface area contributed by atoms with Gasteiger partial charge in [-0.05, 0) is 42.8 Å².